The summed E-state index contributed by atoms with van der Waals surface area (Å²) >= 11 is 0.570. The molecule has 0 aliphatic carbocycles. The Labute approximate surface area is 189 Å². The Morgan fingerprint density at radius 1 is 1.19 bits per heavy atom. The number of fused-ring (bicyclic) bond motifs is 1. The summed E-state index contributed by atoms with van der Waals surface area (Å²) in [6.07, 6.45) is 1.41. The summed E-state index contributed by atoms with van der Waals surface area (Å²) in [7, 11) is -1.86. The van der Waals surface area contributed by atoms with E-state index in [1.54, 1.807) is 19.9 Å². The fourth-order valence-electron chi connectivity index (χ4n) is 3.70. The molecule has 0 aromatic heterocycles. The molecular formula is C21H23NO8S2. The number of amides is 1. The molecule has 2 N–H and O–H groups in total. The number of aliphatic carboxylic acids is 1. The van der Waals surface area contributed by atoms with Gasteiger partial charge in [-0.05, 0) is 23.4 Å². The number of nitrogens with zero attached hydrogens (tertiary/aromatic N) is 1. The first-order valence-corrected chi connectivity index (χ1v) is 11.9. The quantitative estimate of drug-likeness (QED) is 0.452. The van der Waals surface area contributed by atoms with Crippen molar-refractivity contribution < 1.29 is 37.1 Å². The zero-order valence-corrected chi connectivity index (χ0v) is 19.4. The molecule has 1 fully saturated rings. The van der Waals surface area contributed by atoms with E-state index in [0.717, 1.165) is 10.8 Å². The van der Waals surface area contributed by atoms with Crippen molar-refractivity contribution in [2.24, 2.45) is 5.92 Å². The predicted octanol–water partition coefficient (Wildman–Crippen LogP) is 3.05. The van der Waals surface area contributed by atoms with Gasteiger partial charge in [0.25, 0.3) is 16.0 Å². The smallest absolute Gasteiger partial charge is 0.326 e. The highest BCUT2D eigenvalue weighted by Crippen LogP contribution is 2.44. The minimum atomic E-state index is -4.78. The predicted molar refractivity (Wildman–Crippen MR) is 121 cm³/mol. The first-order chi connectivity index (χ1) is 15.0. The molecule has 2 aromatic carbocycles. The Bertz CT molecular complexity index is 1210. The molecule has 2 unspecified atom stereocenters. The lowest BCUT2D eigenvalue weighted by molar-refractivity contribution is -0.149. The number of hydrogen-bond donors (Lipinski definition) is 2. The van der Waals surface area contributed by atoms with E-state index >= 15 is 0 Å². The third kappa shape index (κ3) is 4.27. The molecule has 1 heterocycles. The lowest BCUT2D eigenvalue weighted by atomic mass is 10.0. The standard InChI is InChI=1S/C21H23NO8S2/c1-11(2)16(20(24)25)22-19(23)15(31-21(22)32(26,27)28)10-13-9-12-7-5-6-8-14(12)18(30-4)17(13)29-3/h5-11,16,21H,1-4H3,(H,24,25)(H,26,27,28). The number of benzene rings is 2. The van der Waals surface area contributed by atoms with Crippen LogP contribution < -0.4 is 9.47 Å². The number of carbonyl (C=O) groups excluding carboxylic acids is 1. The van der Waals surface area contributed by atoms with Crippen molar-refractivity contribution >= 4 is 50.6 Å². The highest BCUT2D eigenvalue weighted by Gasteiger charge is 2.50. The third-order valence-electron chi connectivity index (χ3n) is 5.02. The first kappa shape index (κ1) is 23.9. The molecule has 1 amide bonds. The summed E-state index contributed by atoms with van der Waals surface area (Å²) in [5.41, 5.74) is 0.436. The second kappa shape index (κ2) is 9.00. The van der Waals surface area contributed by atoms with Gasteiger partial charge in [0.2, 0.25) is 4.71 Å². The molecule has 32 heavy (non-hydrogen) atoms. The van der Waals surface area contributed by atoms with Gasteiger partial charge in [0, 0.05) is 10.9 Å². The van der Waals surface area contributed by atoms with Crippen LogP contribution in [-0.4, -0.2) is 59.8 Å². The fraction of sp³-hybridized carbons (Fsp3) is 0.333. The summed E-state index contributed by atoms with van der Waals surface area (Å²) in [5, 5.41) is 11.2. The Morgan fingerprint density at radius 3 is 2.34 bits per heavy atom. The minimum absolute atomic E-state index is 0.0461. The van der Waals surface area contributed by atoms with Gasteiger partial charge in [0.15, 0.2) is 11.5 Å². The number of carboxylic acids is 1. The molecule has 1 saturated heterocycles. The lowest BCUT2D eigenvalue weighted by Crippen LogP contribution is -2.51. The largest absolute Gasteiger partial charge is 0.492 e. The summed E-state index contributed by atoms with van der Waals surface area (Å²) in [5.74, 6) is -2.02. The van der Waals surface area contributed by atoms with E-state index in [1.165, 1.54) is 20.3 Å². The van der Waals surface area contributed by atoms with Gasteiger partial charge in [0.1, 0.15) is 6.04 Å². The zero-order chi connectivity index (χ0) is 23.8. The van der Waals surface area contributed by atoms with Crippen LogP contribution in [0.2, 0.25) is 0 Å². The molecule has 1 aliphatic rings. The van der Waals surface area contributed by atoms with E-state index in [1.807, 2.05) is 24.3 Å². The summed E-state index contributed by atoms with van der Waals surface area (Å²) in [6.45, 7) is 3.10. The van der Waals surface area contributed by atoms with Crippen LogP contribution in [-0.2, 0) is 19.7 Å². The monoisotopic (exact) mass is 481 g/mol. The van der Waals surface area contributed by atoms with Crippen molar-refractivity contribution in [2.45, 2.75) is 24.6 Å². The molecule has 0 spiro atoms. The van der Waals surface area contributed by atoms with Gasteiger partial charge in [-0.3, -0.25) is 14.2 Å². The van der Waals surface area contributed by atoms with Crippen molar-refractivity contribution in [1.29, 1.82) is 0 Å². The topological polar surface area (TPSA) is 130 Å². The Kier molecular flexibility index (Phi) is 6.72. The van der Waals surface area contributed by atoms with Crippen LogP contribution in [0.3, 0.4) is 0 Å². The molecule has 2 aromatic rings. The average molecular weight is 482 g/mol. The minimum Gasteiger partial charge on any atom is -0.492 e. The first-order valence-electron chi connectivity index (χ1n) is 9.55. The molecule has 3 rings (SSSR count). The van der Waals surface area contributed by atoms with Gasteiger partial charge in [-0.1, -0.05) is 49.9 Å². The average Bonchev–Trinajstić information content (AvgIpc) is 3.03. The number of ether oxygens (including phenoxy) is 2. The molecule has 9 nitrogen and oxygen atoms in total. The molecule has 172 valence electrons. The van der Waals surface area contributed by atoms with Gasteiger partial charge in [0.05, 0.1) is 19.1 Å². The Balaban J connectivity index is 2.20. The molecule has 11 heteroatoms. The van der Waals surface area contributed by atoms with E-state index in [0.29, 0.717) is 33.7 Å². The van der Waals surface area contributed by atoms with Gasteiger partial charge in [-0.2, -0.15) is 8.42 Å². The number of thioether (sulfide) groups is 1. The number of methoxy groups -OCH3 is 2. The van der Waals surface area contributed by atoms with Crippen LogP contribution in [0.25, 0.3) is 16.8 Å². The fourth-order valence-corrected chi connectivity index (χ4v) is 5.97. The second-order valence-corrected chi connectivity index (χ2v) is 10.3. The zero-order valence-electron chi connectivity index (χ0n) is 17.8. The SMILES string of the molecule is COc1c(C=C2SC(S(=O)(=O)O)N(C(C(=O)O)C(C)C)C2=O)cc2ccccc2c1OC. The van der Waals surface area contributed by atoms with E-state index in [2.05, 4.69) is 0 Å². The van der Waals surface area contributed by atoms with Crippen molar-refractivity contribution in [3.63, 3.8) is 0 Å². The van der Waals surface area contributed by atoms with E-state index in [-0.39, 0.29) is 4.91 Å². The summed E-state index contributed by atoms with van der Waals surface area (Å²) < 4.78 is 43.0. The van der Waals surface area contributed by atoms with Crippen LogP contribution >= 0.6 is 11.8 Å². The molecule has 2 atom stereocenters. The van der Waals surface area contributed by atoms with Gasteiger partial charge in [-0.15, -0.1) is 0 Å². The number of rotatable bonds is 7. The molecule has 0 radical (unpaired) electrons. The van der Waals surface area contributed by atoms with Gasteiger partial charge < -0.3 is 14.6 Å². The molecule has 0 saturated carbocycles. The lowest BCUT2D eigenvalue weighted by Gasteiger charge is -2.30. The highest BCUT2D eigenvalue weighted by atomic mass is 32.3. The Morgan fingerprint density at radius 2 is 1.81 bits per heavy atom. The van der Waals surface area contributed by atoms with E-state index < -0.39 is 38.7 Å². The van der Waals surface area contributed by atoms with Crippen LogP contribution in [0, 0.1) is 5.92 Å². The molecule has 1 aliphatic heterocycles. The maximum Gasteiger partial charge on any atom is 0.326 e. The number of carbonyl (C=O) groups is 2. The maximum absolute atomic E-state index is 13.2. The summed E-state index contributed by atoms with van der Waals surface area (Å²) in [6, 6.07) is 7.66. The highest BCUT2D eigenvalue weighted by molar-refractivity contribution is 8.15. The van der Waals surface area contributed by atoms with Crippen molar-refractivity contribution in [3.05, 3.63) is 40.8 Å². The van der Waals surface area contributed by atoms with Crippen LogP contribution in [0.4, 0.5) is 0 Å². The van der Waals surface area contributed by atoms with Crippen LogP contribution in [0.5, 0.6) is 11.5 Å². The van der Waals surface area contributed by atoms with Crippen LogP contribution in [0.15, 0.2) is 35.2 Å². The van der Waals surface area contributed by atoms with Crippen molar-refractivity contribution in [1.82, 2.24) is 4.90 Å². The summed E-state index contributed by atoms with van der Waals surface area (Å²) in [4.78, 5) is 25.6. The van der Waals surface area contributed by atoms with E-state index in [9.17, 15) is 27.7 Å². The molecule has 0 bridgehead atoms. The Hall–Kier alpha value is -2.76. The van der Waals surface area contributed by atoms with Crippen molar-refractivity contribution in [2.75, 3.05) is 14.2 Å². The number of hydrogen-bond acceptors (Lipinski definition) is 7. The van der Waals surface area contributed by atoms with Gasteiger partial charge in [-0.25, -0.2) is 4.79 Å². The number of carboxylic acid groups (broad SMARTS) is 1. The van der Waals surface area contributed by atoms with Gasteiger partial charge >= 0.3 is 5.97 Å². The van der Waals surface area contributed by atoms with E-state index in [4.69, 9.17) is 9.47 Å². The molecular weight excluding hydrogens is 458 g/mol. The second-order valence-electron chi connectivity index (χ2n) is 7.44. The van der Waals surface area contributed by atoms with Crippen LogP contribution in [0.1, 0.15) is 19.4 Å². The van der Waals surface area contributed by atoms with Crippen molar-refractivity contribution in [3.8, 4) is 11.5 Å². The normalized spacial score (nSPS) is 19.1. The third-order valence-corrected chi connectivity index (χ3v) is 7.75. The maximum atomic E-state index is 13.2.